The van der Waals surface area contributed by atoms with E-state index in [0.29, 0.717) is 24.8 Å². The molecule has 3 heterocycles. The van der Waals surface area contributed by atoms with E-state index in [1.807, 2.05) is 19.9 Å². The molecule has 0 radical (unpaired) electrons. The predicted octanol–water partition coefficient (Wildman–Crippen LogP) is 4.44. The number of guanidine groups is 1. The molecule has 39 heavy (non-hydrogen) atoms. The van der Waals surface area contributed by atoms with Crippen molar-refractivity contribution in [3.63, 3.8) is 0 Å². The lowest BCUT2D eigenvalue weighted by Gasteiger charge is -2.40. The van der Waals surface area contributed by atoms with Crippen molar-refractivity contribution in [3.8, 4) is 5.75 Å². The maximum Gasteiger partial charge on any atom is 0.425 e. The number of nitrogens with one attached hydrogen (secondary N) is 1. The minimum Gasteiger partial charge on any atom is -0.480 e. The number of fused-ring (bicyclic) bond motifs is 1. The molecule has 1 fully saturated rings. The number of carbonyl (C=O) groups is 2. The molecular formula is C28H32F3N5O3. The van der Waals surface area contributed by atoms with Gasteiger partial charge in [0.15, 0.2) is 12.1 Å². The number of ether oxygens (including phenoxy) is 1. The first-order chi connectivity index (χ1) is 18.6. The first kappa shape index (κ1) is 27.0. The fraction of sp³-hybridized carbons (Fsp3) is 0.500. The molecule has 0 bridgehead atoms. The summed E-state index contributed by atoms with van der Waals surface area (Å²) in [5, 5.41) is 2.83. The highest BCUT2D eigenvalue weighted by Crippen LogP contribution is 2.52. The van der Waals surface area contributed by atoms with E-state index in [-0.39, 0.29) is 35.9 Å². The van der Waals surface area contributed by atoms with E-state index in [9.17, 15) is 22.8 Å². The summed E-state index contributed by atoms with van der Waals surface area (Å²) in [5.74, 6) is -1.13. The van der Waals surface area contributed by atoms with Crippen LogP contribution in [0.3, 0.4) is 0 Å². The number of aromatic nitrogens is 1. The van der Waals surface area contributed by atoms with Gasteiger partial charge in [0, 0.05) is 30.3 Å². The van der Waals surface area contributed by atoms with Gasteiger partial charge < -0.3 is 15.8 Å². The lowest BCUT2D eigenvalue weighted by Crippen LogP contribution is -2.53. The largest absolute Gasteiger partial charge is 0.480 e. The Morgan fingerprint density at radius 3 is 2.59 bits per heavy atom. The van der Waals surface area contributed by atoms with Crippen molar-refractivity contribution in [2.45, 2.75) is 75.9 Å². The zero-order valence-electron chi connectivity index (χ0n) is 21.8. The van der Waals surface area contributed by atoms with E-state index in [2.05, 4.69) is 10.3 Å². The van der Waals surface area contributed by atoms with Crippen molar-refractivity contribution in [2.75, 3.05) is 0 Å². The van der Waals surface area contributed by atoms with Crippen LogP contribution in [0.25, 0.3) is 0 Å². The zero-order valence-corrected chi connectivity index (χ0v) is 21.8. The van der Waals surface area contributed by atoms with Gasteiger partial charge in [0.25, 0.3) is 0 Å². The Morgan fingerprint density at radius 2 is 1.95 bits per heavy atom. The summed E-state index contributed by atoms with van der Waals surface area (Å²) in [6.07, 6.45) is -1.76. The maximum absolute atomic E-state index is 13.6. The lowest BCUT2D eigenvalue weighted by molar-refractivity contribution is -0.201. The van der Waals surface area contributed by atoms with Crippen LogP contribution in [0.4, 0.5) is 13.2 Å². The molecule has 2 amide bonds. The van der Waals surface area contributed by atoms with Crippen LogP contribution in [-0.4, -0.2) is 45.5 Å². The average Bonchev–Trinajstić information content (AvgIpc) is 3.71. The number of carbonyl (C=O) groups excluding carboxylic acids is 2. The van der Waals surface area contributed by atoms with Crippen LogP contribution in [0.15, 0.2) is 53.8 Å². The highest BCUT2D eigenvalue weighted by atomic mass is 19.4. The summed E-state index contributed by atoms with van der Waals surface area (Å²) in [6.45, 7) is 3.95. The molecule has 208 valence electrons. The number of amides is 2. The number of rotatable bonds is 7. The van der Waals surface area contributed by atoms with E-state index in [0.717, 1.165) is 5.56 Å². The van der Waals surface area contributed by atoms with Gasteiger partial charge in [0.2, 0.25) is 11.8 Å². The Bertz CT molecular complexity index is 1260. The van der Waals surface area contributed by atoms with Gasteiger partial charge in [-0.2, -0.15) is 13.2 Å². The molecule has 2 aromatic rings. The topological polar surface area (TPSA) is 110 Å². The van der Waals surface area contributed by atoms with E-state index < -0.39 is 42.2 Å². The first-order valence-electron chi connectivity index (χ1n) is 13.3. The number of nitrogens with zero attached hydrogens (tertiary/aromatic N) is 3. The van der Waals surface area contributed by atoms with E-state index in [1.54, 1.807) is 36.7 Å². The molecule has 5 rings (SSSR count). The number of hydrogen-bond donors (Lipinski definition) is 2. The van der Waals surface area contributed by atoms with Gasteiger partial charge in [-0.25, -0.2) is 4.99 Å². The van der Waals surface area contributed by atoms with Gasteiger partial charge >= 0.3 is 6.18 Å². The number of nitrogens with two attached hydrogens (primary N) is 1. The average molecular weight is 544 g/mol. The second-order valence-corrected chi connectivity index (χ2v) is 10.6. The summed E-state index contributed by atoms with van der Waals surface area (Å²) in [7, 11) is 0. The van der Waals surface area contributed by atoms with Gasteiger partial charge in [-0.3, -0.25) is 19.5 Å². The van der Waals surface area contributed by atoms with Gasteiger partial charge in [-0.05, 0) is 42.9 Å². The molecule has 5 atom stereocenters. The second kappa shape index (κ2) is 10.2. The van der Waals surface area contributed by atoms with Crippen LogP contribution in [0.5, 0.6) is 5.75 Å². The van der Waals surface area contributed by atoms with Crippen molar-refractivity contribution in [1.82, 2.24) is 15.2 Å². The highest BCUT2D eigenvalue weighted by Gasteiger charge is 2.54. The molecule has 0 saturated heterocycles. The summed E-state index contributed by atoms with van der Waals surface area (Å²) in [5.41, 5.74) is 7.07. The molecule has 1 aromatic heterocycles. The normalized spacial score (nSPS) is 26.6. The van der Waals surface area contributed by atoms with Crippen molar-refractivity contribution in [2.24, 2.45) is 22.6 Å². The Hall–Kier alpha value is -3.63. The van der Waals surface area contributed by atoms with Gasteiger partial charge in [0.1, 0.15) is 5.75 Å². The molecule has 1 aliphatic carbocycles. The van der Waals surface area contributed by atoms with Crippen molar-refractivity contribution >= 4 is 17.8 Å². The fourth-order valence-electron chi connectivity index (χ4n) is 5.82. The predicted molar refractivity (Wildman–Crippen MR) is 137 cm³/mol. The third kappa shape index (κ3) is 5.18. The minimum atomic E-state index is -4.57. The SMILES string of the molecule is CCC1(CC)CC(=O)N([C@H](c2cccnc2)[C@H]2C[C@@H]2C(=O)N[C@H]2C[C@@H](C(F)(F)F)Oc3ccccc32)C(N)=N1. The van der Waals surface area contributed by atoms with Crippen molar-refractivity contribution in [3.05, 3.63) is 59.9 Å². The molecule has 3 aliphatic rings. The molecule has 3 N–H and O–H groups in total. The smallest absolute Gasteiger partial charge is 0.425 e. The molecular weight excluding hydrogens is 511 g/mol. The lowest BCUT2D eigenvalue weighted by atomic mass is 9.87. The quantitative estimate of drug-likeness (QED) is 0.537. The van der Waals surface area contributed by atoms with Gasteiger partial charge in [-0.1, -0.05) is 38.1 Å². The molecule has 0 unspecified atom stereocenters. The maximum atomic E-state index is 13.6. The van der Waals surface area contributed by atoms with Crippen molar-refractivity contribution < 1.29 is 27.5 Å². The number of alkyl halides is 3. The number of aliphatic imine (C=N–C) groups is 1. The van der Waals surface area contributed by atoms with Crippen LogP contribution >= 0.6 is 0 Å². The second-order valence-electron chi connectivity index (χ2n) is 10.6. The van der Waals surface area contributed by atoms with E-state index >= 15 is 0 Å². The number of pyridine rings is 1. The third-order valence-corrected chi connectivity index (χ3v) is 8.24. The first-order valence-corrected chi connectivity index (χ1v) is 13.3. The number of halogens is 3. The third-order valence-electron chi connectivity index (χ3n) is 8.24. The molecule has 1 saturated carbocycles. The number of benzene rings is 1. The molecule has 0 spiro atoms. The zero-order chi connectivity index (χ0) is 27.9. The molecule has 2 aliphatic heterocycles. The summed E-state index contributed by atoms with van der Waals surface area (Å²) >= 11 is 0. The van der Waals surface area contributed by atoms with Crippen LogP contribution in [0.1, 0.15) is 69.2 Å². The van der Waals surface area contributed by atoms with E-state index in [4.69, 9.17) is 15.5 Å². The summed E-state index contributed by atoms with van der Waals surface area (Å²) in [6, 6.07) is 8.58. The summed E-state index contributed by atoms with van der Waals surface area (Å²) < 4.78 is 45.8. The minimum absolute atomic E-state index is 0.107. The Kier molecular flexibility index (Phi) is 7.02. The van der Waals surface area contributed by atoms with Crippen LogP contribution < -0.4 is 15.8 Å². The monoisotopic (exact) mass is 543 g/mol. The Labute approximate surface area is 224 Å². The number of hydrogen-bond acceptors (Lipinski definition) is 6. The van der Waals surface area contributed by atoms with Crippen LogP contribution in [0, 0.1) is 11.8 Å². The van der Waals surface area contributed by atoms with E-state index in [1.165, 1.54) is 11.0 Å². The van der Waals surface area contributed by atoms with Crippen LogP contribution in [-0.2, 0) is 9.59 Å². The highest BCUT2D eigenvalue weighted by molar-refractivity contribution is 5.99. The summed E-state index contributed by atoms with van der Waals surface area (Å²) in [4.78, 5) is 37.3. The van der Waals surface area contributed by atoms with Crippen molar-refractivity contribution in [1.29, 1.82) is 0 Å². The Balaban J connectivity index is 1.39. The molecule has 11 heteroatoms. The van der Waals surface area contributed by atoms with Gasteiger partial charge in [-0.15, -0.1) is 0 Å². The van der Waals surface area contributed by atoms with Gasteiger partial charge in [0.05, 0.1) is 24.0 Å². The Morgan fingerprint density at radius 1 is 1.21 bits per heavy atom. The van der Waals surface area contributed by atoms with Crippen LogP contribution in [0.2, 0.25) is 0 Å². The fourth-order valence-corrected chi connectivity index (χ4v) is 5.82. The number of para-hydroxylation sites is 1. The standard InChI is InChI=1S/C28H32F3N5O3/c1-3-27(4-2)14-23(37)36(26(32)35-27)24(16-8-7-11-33-15-16)18-12-19(18)25(38)34-20-13-22(28(29,30)31)39-21-10-6-5-9-17(20)21/h5-11,15,18-20,22,24H,3-4,12-14H2,1-2H3,(H2,32,35)(H,34,38)/t18-,19-,20-,22-,24+/m0/s1. The molecule has 8 nitrogen and oxygen atoms in total. The molecule has 1 aromatic carbocycles.